The summed E-state index contributed by atoms with van der Waals surface area (Å²) in [6.45, 7) is 0.348. The number of rotatable bonds is 6. The second-order valence-electron chi connectivity index (χ2n) is 8.04. The number of halogens is 1. The highest BCUT2D eigenvalue weighted by molar-refractivity contribution is 9.10. The molecular weight excluding hydrogens is 526 g/mol. The zero-order chi connectivity index (χ0) is 24.4. The third-order valence-electron chi connectivity index (χ3n) is 5.61. The summed E-state index contributed by atoms with van der Waals surface area (Å²) < 4.78 is 3.02. The summed E-state index contributed by atoms with van der Waals surface area (Å²) >= 11 is 4.20. The molecule has 0 bridgehead atoms. The average molecular weight is 546 g/mol. The highest BCUT2D eigenvalue weighted by Gasteiger charge is 2.36. The van der Waals surface area contributed by atoms with E-state index < -0.39 is 17.1 Å². The molecule has 3 aromatic carbocycles. The first-order valence-corrected chi connectivity index (χ1v) is 12.5. The Kier molecular flexibility index (Phi) is 6.57. The zero-order valence-electron chi connectivity index (χ0n) is 18.5. The van der Waals surface area contributed by atoms with Gasteiger partial charge in [0.2, 0.25) is 5.91 Å². The van der Waals surface area contributed by atoms with Crippen LogP contribution in [0.1, 0.15) is 11.1 Å². The Morgan fingerprint density at radius 3 is 2.43 bits per heavy atom. The third-order valence-corrected chi connectivity index (χ3v) is 7.04. The lowest BCUT2D eigenvalue weighted by molar-refractivity contribution is -0.127. The van der Waals surface area contributed by atoms with Crippen molar-refractivity contribution in [1.29, 1.82) is 0 Å². The van der Waals surface area contributed by atoms with Crippen LogP contribution in [0, 0.1) is 0 Å². The fourth-order valence-corrected chi connectivity index (χ4v) is 5.05. The van der Waals surface area contributed by atoms with E-state index in [1.165, 1.54) is 0 Å². The van der Waals surface area contributed by atoms with Gasteiger partial charge in [-0.3, -0.25) is 19.3 Å². The number of fused-ring (bicyclic) bond motifs is 1. The van der Waals surface area contributed by atoms with Crippen molar-refractivity contribution < 1.29 is 14.4 Å². The number of amides is 3. The van der Waals surface area contributed by atoms with E-state index in [2.05, 4.69) is 37.9 Å². The van der Waals surface area contributed by atoms with Gasteiger partial charge in [-0.25, -0.2) is 0 Å². The first-order valence-electron chi connectivity index (χ1n) is 10.9. The van der Waals surface area contributed by atoms with E-state index in [1.54, 1.807) is 30.3 Å². The number of hydrogen-bond donors (Lipinski definition) is 1. The minimum absolute atomic E-state index is 0.300. The van der Waals surface area contributed by atoms with E-state index in [1.807, 2.05) is 48.7 Å². The maximum Gasteiger partial charge on any atom is 0.294 e. The van der Waals surface area contributed by atoms with Crippen molar-refractivity contribution in [3.8, 4) is 0 Å². The van der Waals surface area contributed by atoms with E-state index in [0.717, 1.165) is 43.2 Å². The van der Waals surface area contributed by atoms with Crippen LogP contribution in [0.5, 0.6) is 0 Å². The molecule has 1 aliphatic rings. The fourth-order valence-electron chi connectivity index (χ4n) is 3.96. The van der Waals surface area contributed by atoms with Crippen molar-refractivity contribution in [3.63, 3.8) is 0 Å². The molecule has 35 heavy (non-hydrogen) atoms. The van der Waals surface area contributed by atoms with Crippen LogP contribution in [-0.4, -0.2) is 33.1 Å². The van der Waals surface area contributed by atoms with Crippen molar-refractivity contribution in [2.45, 2.75) is 6.54 Å². The maximum atomic E-state index is 13.0. The number of nitrogens with zero attached hydrogens (tertiary/aromatic N) is 2. The van der Waals surface area contributed by atoms with Gasteiger partial charge in [0.15, 0.2) is 0 Å². The van der Waals surface area contributed by atoms with Crippen molar-refractivity contribution in [2.24, 2.45) is 0 Å². The summed E-state index contributed by atoms with van der Waals surface area (Å²) in [5, 5.41) is 3.25. The molecule has 0 radical (unpaired) electrons. The molecule has 0 spiro atoms. The molecular formula is C27H20BrN3O3S. The molecule has 174 valence electrons. The van der Waals surface area contributed by atoms with Crippen molar-refractivity contribution >= 4 is 67.4 Å². The van der Waals surface area contributed by atoms with Gasteiger partial charge in [0.1, 0.15) is 6.54 Å². The van der Waals surface area contributed by atoms with Gasteiger partial charge >= 0.3 is 0 Å². The van der Waals surface area contributed by atoms with Crippen molar-refractivity contribution in [2.75, 3.05) is 11.9 Å². The topological polar surface area (TPSA) is 71.4 Å². The van der Waals surface area contributed by atoms with Gasteiger partial charge in [0.05, 0.1) is 4.91 Å². The predicted octanol–water partition coefficient (Wildman–Crippen LogP) is 6.13. The lowest BCUT2D eigenvalue weighted by atomic mass is 10.1. The second-order valence-corrected chi connectivity index (χ2v) is 9.95. The van der Waals surface area contributed by atoms with Gasteiger partial charge in [-0.15, -0.1) is 0 Å². The number of para-hydroxylation sites is 1. The Morgan fingerprint density at radius 1 is 0.943 bits per heavy atom. The Morgan fingerprint density at radius 2 is 1.66 bits per heavy atom. The largest absolute Gasteiger partial charge is 0.342 e. The number of thioether (sulfide) groups is 1. The number of anilines is 1. The molecule has 1 aliphatic heterocycles. The van der Waals surface area contributed by atoms with Gasteiger partial charge in [-0.1, -0.05) is 64.5 Å². The number of aromatic nitrogens is 1. The van der Waals surface area contributed by atoms with E-state index in [4.69, 9.17) is 0 Å². The highest BCUT2D eigenvalue weighted by Crippen LogP contribution is 2.34. The van der Waals surface area contributed by atoms with E-state index in [0.29, 0.717) is 17.1 Å². The highest BCUT2D eigenvalue weighted by atomic mass is 79.9. The van der Waals surface area contributed by atoms with Gasteiger partial charge in [-0.2, -0.15) is 0 Å². The molecule has 4 aromatic rings. The molecule has 8 heteroatoms. The van der Waals surface area contributed by atoms with Crippen LogP contribution in [0.15, 0.2) is 94.4 Å². The molecule has 1 aromatic heterocycles. The SMILES string of the molecule is O=C(CN1C(=O)S/C(=C\c2cn(Cc3ccccc3)c3ccccc23)C1=O)Nc1ccc(Br)cc1. The minimum Gasteiger partial charge on any atom is -0.342 e. The molecule has 0 aliphatic carbocycles. The smallest absolute Gasteiger partial charge is 0.294 e. The monoisotopic (exact) mass is 545 g/mol. The molecule has 1 N–H and O–H groups in total. The molecule has 0 unspecified atom stereocenters. The summed E-state index contributed by atoms with van der Waals surface area (Å²) in [6.07, 6.45) is 3.73. The molecule has 0 saturated carbocycles. The minimum atomic E-state index is -0.467. The molecule has 0 atom stereocenters. The summed E-state index contributed by atoms with van der Waals surface area (Å²) in [5.41, 5.74) is 3.64. The average Bonchev–Trinajstić information content (AvgIpc) is 3.33. The first kappa shape index (κ1) is 23.1. The first-order chi connectivity index (χ1) is 17.0. The molecule has 6 nitrogen and oxygen atoms in total. The summed E-state index contributed by atoms with van der Waals surface area (Å²) in [4.78, 5) is 39.3. The molecule has 5 rings (SSSR count). The van der Waals surface area contributed by atoms with Gasteiger partial charge in [0, 0.05) is 39.4 Å². The van der Waals surface area contributed by atoms with Gasteiger partial charge in [0.25, 0.3) is 11.1 Å². The van der Waals surface area contributed by atoms with Gasteiger partial charge < -0.3 is 9.88 Å². The van der Waals surface area contributed by atoms with Crippen LogP contribution in [-0.2, 0) is 16.1 Å². The van der Waals surface area contributed by atoms with Crippen LogP contribution in [0.3, 0.4) is 0 Å². The van der Waals surface area contributed by atoms with Crippen molar-refractivity contribution in [1.82, 2.24) is 9.47 Å². The Bertz CT molecular complexity index is 1460. The summed E-state index contributed by atoms with van der Waals surface area (Å²) in [7, 11) is 0. The molecule has 3 amide bonds. The third kappa shape index (κ3) is 5.08. The number of benzene rings is 3. The molecule has 1 saturated heterocycles. The Hall–Kier alpha value is -3.62. The number of hydrogen-bond acceptors (Lipinski definition) is 4. The number of nitrogens with one attached hydrogen (secondary N) is 1. The fraction of sp³-hybridized carbons (Fsp3) is 0.0741. The molecule has 1 fully saturated rings. The predicted molar refractivity (Wildman–Crippen MR) is 143 cm³/mol. The quantitative estimate of drug-likeness (QED) is 0.296. The van der Waals surface area contributed by atoms with Crippen LogP contribution < -0.4 is 5.32 Å². The van der Waals surface area contributed by atoms with Crippen LogP contribution in [0.25, 0.3) is 17.0 Å². The lowest BCUT2D eigenvalue weighted by Gasteiger charge is -2.12. The number of carbonyl (C=O) groups excluding carboxylic acids is 3. The van der Waals surface area contributed by atoms with Gasteiger partial charge in [-0.05, 0) is 53.7 Å². The number of carbonyl (C=O) groups is 3. The summed E-state index contributed by atoms with van der Waals surface area (Å²) in [6, 6.07) is 25.2. The second kappa shape index (κ2) is 9.93. The van der Waals surface area contributed by atoms with E-state index in [9.17, 15) is 14.4 Å². The van der Waals surface area contributed by atoms with E-state index >= 15 is 0 Å². The van der Waals surface area contributed by atoms with E-state index in [-0.39, 0.29) is 6.54 Å². The van der Waals surface area contributed by atoms with Crippen LogP contribution in [0.4, 0.5) is 10.5 Å². The lowest BCUT2D eigenvalue weighted by Crippen LogP contribution is -2.36. The Labute approximate surface area is 214 Å². The van der Waals surface area contributed by atoms with Crippen molar-refractivity contribution in [3.05, 3.63) is 106 Å². The molecule has 2 heterocycles. The standard InChI is InChI=1S/C27H20BrN3O3S/c28-20-10-12-21(13-11-20)29-25(32)17-31-26(33)24(35-27(31)34)14-19-16-30(15-18-6-2-1-3-7-18)23-9-5-4-8-22(19)23/h1-14,16H,15,17H2,(H,29,32)/b24-14-. The maximum absolute atomic E-state index is 13.0. The number of imide groups is 1. The normalized spacial score (nSPS) is 14.8. The van der Waals surface area contributed by atoms with Crippen LogP contribution >= 0.6 is 27.7 Å². The summed E-state index contributed by atoms with van der Waals surface area (Å²) in [5.74, 6) is -0.902. The Balaban J connectivity index is 1.36. The van der Waals surface area contributed by atoms with Crippen LogP contribution in [0.2, 0.25) is 0 Å². The zero-order valence-corrected chi connectivity index (χ0v) is 20.9.